The molecule has 112 valence electrons. The first-order valence-electron chi connectivity index (χ1n) is 6.98. The lowest BCUT2D eigenvalue weighted by atomic mass is 9.80. The van der Waals surface area contributed by atoms with Crippen LogP contribution in [0.25, 0.3) is 0 Å². The van der Waals surface area contributed by atoms with E-state index in [0.29, 0.717) is 6.54 Å². The lowest BCUT2D eigenvalue weighted by Crippen LogP contribution is -2.43. The molecule has 1 aliphatic rings. The van der Waals surface area contributed by atoms with Gasteiger partial charge in [0.25, 0.3) is 0 Å². The van der Waals surface area contributed by atoms with Crippen molar-refractivity contribution < 1.29 is 5.11 Å². The van der Waals surface area contributed by atoms with Gasteiger partial charge in [-0.2, -0.15) is 0 Å². The van der Waals surface area contributed by atoms with Gasteiger partial charge in [-0.15, -0.1) is 11.3 Å². The van der Waals surface area contributed by atoms with Gasteiger partial charge in [-0.1, -0.05) is 11.6 Å². The minimum atomic E-state index is -0.576. The van der Waals surface area contributed by atoms with E-state index in [4.69, 9.17) is 11.6 Å². The molecule has 0 aliphatic heterocycles. The van der Waals surface area contributed by atoms with E-state index >= 15 is 0 Å². The van der Waals surface area contributed by atoms with Gasteiger partial charge in [0, 0.05) is 18.5 Å². The molecule has 1 saturated carbocycles. The van der Waals surface area contributed by atoms with Crippen LogP contribution in [-0.2, 0) is 6.54 Å². The molecule has 1 fully saturated rings. The van der Waals surface area contributed by atoms with Crippen LogP contribution in [0.15, 0.2) is 17.1 Å². The number of rotatable bonds is 5. The van der Waals surface area contributed by atoms with Crippen LogP contribution in [0.1, 0.15) is 31.1 Å². The number of hydrogen-bond donors (Lipinski definition) is 2. The highest BCUT2D eigenvalue weighted by molar-refractivity contribution is 7.16. The second-order valence-electron chi connectivity index (χ2n) is 5.31. The maximum absolute atomic E-state index is 10.1. The van der Waals surface area contributed by atoms with Crippen molar-refractivity contribution >= 4 is 28.9 Å². The molecule has 0 unspecified atom stereocenters. The smallest absolute Gasteiger partial charge is 0.194 e. The molecule has 1 aliphatic carbocycles. The van der Waals surface area contributed by atoms with E-state index in [-0.39, 0.29) is 0 Å². The van der Waals surface area contributed by atoms with Gasteiger partial charge < -0.3 is 15.3 Å². The van der Waals surface area contributed by atoms with Gasteiger partial charge in [0.05, 0.1) is 23.0 Å². The second kappa shape index (κ2) is 6.78. The van der Waals surface area contributed by atoms with Crippen molar-refractivity contribution in [1.29, 1.82) is 0 Å². The Hall–Kier alpha value is -0.780. The van der Waals surface area contributed by atoms with E-state index in [1.807, 2.05) is 26.1 Å². The van der Waals surface area contributed by atoms with Gasteiger partial charge in [0.15, 0.2) is 5.96 Å². The van der Waals surface area contributed by atoms with Gasteiger partial charge in [-0.05, 0) is 38.3 Å². The van der Waals surface area contributed by atoms with Gasteiger partial charge >= 0.3 is 0 Å². The molecule has 0 atom stereocenters. The first-order valence-corrected chi connectivity index (χ1v) is 8.18. The number of hydrogen-bond acceptors (Lipinski definition) is 3. The Labute approximate surface area is 129 Å². The van der Waals surface area contributed by atoms with Crippen molar-refractivity contribution in [1.82, 2.24) is 10.2 Å². The molecule has 1 aromatic rings. The number of nitrogens with zero attached hydrogens (tertiary/aromatic N) is 2. The summed E-state index contributed by atoms with van der Waals surface area (Å²) >= 11 is 7.54. The SMILES string of the molecule is CCNC(=NCC1(O)CCC1)N(C)Cc1ccc(Cl)s1. The van der Waals surface area contributed by atoms with Gasteiger partial charge in [0.2, 0.25) is 0 Å². The number of thiophene rings is 1. The Balaban J connectivity index is 1.97. The zero-order valence-electron chi connectivity index (χ0n) is 12.0. The lowest BCUT2D eigenvalue weighted by Gasteiger charge is -2.35. The van der Waals surface area contributed by atoms with Gasteiger partial charge in [-0.25, -0.2) is 0 Å². The average molecular weight is 316 g/mol. The Kier molecular flexibility index (Phi) is 5.29. The van der Waals surface area contributed by atoms with E-state index in [2.05, 4.69) is 15.2 Å². The van der Waals surface area contributed by atoms with Crippen molar-refractivity contribution in [2.45, 2.75) is 38.3 Å². The van der Waals surface area contributed by atoms with Crippen molar-refractivity contribution in [2.24, 2.45) is 4.99 Å². The maximum atomic E-state index is 10.1. The summed E-state index contributed by atoms with van der Waals surface area (Å²) in [7, 11) is 2.00. The fourth-order valence-electron chi connectivity index (χ4n) is 2.18. The van der Waals surface area contributed by atoms with Crippen molar-refractivity contribution in [3.63, 3.8) is 0 Å². The van der Waals surface area contributed by atoms with Crippen molar-refractivity contribution in [2.75, 3.05) is 20.1 Å². The first kappa shape index (κ1) is 15.6. The molecule has 2 rings (SSSR count). The zero-order chi connectivity index (χ0) is 14.6. The molecule has 2 N–H and O–H groups in total. The number of halogens is 1. The number of guanidine groups is 1. The van der Waals surface area contributed by atoms with Crippen LogP contribution >= 0.6 is 22.9 Å². The Morgan fingerprint density at radius 3 is 2.80 bits per heavy atom. The van der Waals surface area contributed by atoms with Crippen LogP contribution < -0.4 is 5.32 Å². The molecule has 20 heavy (non-hydrogen) atoms. The monoisotopic (exact) mass is 315 g/mol. The molecule has 0 radical (unpaired) electrons. The Bertz CT molecular complexity index is 471. The first-order chi connectivity index (χ1) is 9.52. The van der Waals surface area contributed by atoms with Crippen LogP contribution in [-0.4, -0.2) is 41.7 Å². The largest absolute Gasteiger partial charge is 0.388 e. The molecule has 0 bridgehead atoms. The summed E-state index contributed by atoms with van der Waals surface area (Å²) in [5.41, 5.74) is -0.576. The number of aliphatic imine (C=N–C) groups is 1. The maximum Gasteiger partial charge on any atom is 0.194 e. The molecule has 1 heterocycles. The summed E-state index contributed by atoms with van der Waals surface area (Å²) in [6.07, 6.45) is 2.83. The summed E-state index contributed by atoms with van der Waals surface area (Å²) in [6.45, 7) is 4.10. The number of aliphatic hydroxyl groups is 1. The van der Waals surface area contributed by atoms with Crippen LogP contribution in [0.2, 0.25) is 4.34 Å². The third-order valence-corrected chi connectivity index (χ3v) is 4.74. The lowest BCUT2D eigenvalue weighted by molar-refractivity contribution is -0.0237. The molecule has 0 spiro atoms. The third-order valence-electron chi connectivity index (χ3n) is 3.53. The highest BCUT2D eigenvalue weighted by Crippen LogP contribution is 2.31. The summed E-state index contributed by atoms with van der Waals surface area (Å²) in [5.74, 6) is 0.831. The molecule has 0 amide bonds. The predicted octanol–water partition coefficient (Wildman–Crippen LogP) is 2.71. The molecular weight excluding hydrogens is 294 g/mol. The fraction of sp³-hybridized carbons (Fsp3) is 0.643. The van der Waals surface area contributed by atoms with Gasteiger partial charge in [-0.3, -0.25) is 4.99 Å². The summed E-state index contributed by atoms with van der Waals surface area (Å²) in [5, 5.41) is 13.4. The van der Waals surface area contributed by atoms with Crippen LogP contribution in [0, 0.1) is 0 Å². The van der Waals surface area contributed by atoms with Crippen LogP contribution in [0.5, 0.6) is 0 Å². The summed E-state index contributed by atoms with van der Waals surface area (Å²) < 4.78 is 0.805. The Morgan fingerprint density at radius 1 is 1.55 bits per heavy atom. The second-order valence-corrected chi connectivity index (χ2v) is 7.11. The molecule has 4 nitrogen and oxygen atoms in total. The molecule has 1 aromatic heterocycles. The minimum Gasteiger partial charge on any atom is -0.388 e. The van der Waals surface area contributed by atoms with E-state index in [1.165, 1.54) is 4.88 Å². The third kappa shape index (κ3) is 4.11. The minimum absolute atomic E-state index is 0.477. The normalized spacial score (nSPS) is 17.7. The molecule has 0 aromatic carbocycles. The van der Waals surface area contributed by atoms with E-state index in [9.17, 15) is 5.11 Å². The predicted molar refractivity (Wildman–Crippen MR) is 85.6 cm³/mol. The standard InChI is InChI=1S/C14H22ClN3OS/c1-3-16-13(17-10-14(19)7-4-8-14)18(2)9-11-5-6-12(15)20-11/h5-6,19H,3-4,7-10H2,1-2H3,(H,16,17). The van der Waals surface area contributed by atoms with Crippen molar-refractivity contribution in [3.8, 4) is 0 Å². The Morgan fingerprint density at radius 2 is 2.30 bits per heavy atom. The number of nitrogens with one attached hydrogen (secondary N) is 1. The quantitative estimate of drug-likeness (QED) is 0.649. The fourth-order valence-corrected chi connectivity index (χ4v) is 3.32. The average Bonchev–Trinajstić information content (AvgIpc) is 2.77. The van der Waals surface area contributed by atoms with E-state index < -0.39 is 5.60 Å². The highest BCUT2D eigenvalue weighted by Gasteiger charge is 2.34. The van der Waals surface area contributed by atoms with Gasteiger partial charge in [0.1, 0.15) is 0 Å². The van der Waals surface area contributed by atoms with E-state index in [1.54, 1.807) is 11.3 Å². The molecule has 0 saturated heterocycles. The highest BCUT2D eigenvalue weighted by atomic mass is 35.5. The summed E-state index contributed by atoms with van der Waals surface area (Å²) in [6, 6.07) is 3.95. The van der Waals surface area contributed by atoms with E-state index in [0.717, 1.165) is 42.6 Å². The molecular formula is C14H22ClN3OS. The molecule has 6 heteroatoms. The van der Waals surface area contributed by atoms with Crippen LogP contribution in [0.4, 0.5) is 0 Å². The topological polar surface area (TPSA) is 47.9 Å². The summed E-state index contributed by atoms with van der Waals surface area (Å²) in [4.78, 5) is 7.83. The zero-order valence-corrected chi connectivity index (χ0v) is 13.6. The van der Waals surface area contributed by atoms with Crippen LogP contribution in [0.3, 0.4) is 0 Å². The van der Waals surface area contributed by atoms with Crippen molar-refractivity contribution in [3.05, 3.63) is 21.3 Å².